The summed E-state index contributed by atoms with van der Waals surface area (Å²) in [6.07, 6.45) is 8.91. The summed E-state index contributed by atoms with van der Waals surface area (Å²) in [7, 11) is 0. The fourth-order valence-corrected chi connectivity index (χ4v) is 3.17. The zero-order valence-electron chi connectivity index (χ0n) is 13.9. The minimum Gasteiger partial charge on any atom is -0.386 e. The minimum absolute atomic E-state index is 0.140. The Morgan fingerprint density at radius 3 is 2.92 bits per heavy atom. The van der Waals surface area contributed by atoms with Crippen LogP contribution in [0.25, 0.3) is 0 Å². The summed E-state index contributed by atoms with van der Waals surface area (Å²) in [5, 5.41) is 23.4. The first-order valence-corrected chi connectivity index (χ1v) is 8.40. The quantitative estimate of drug-likeness (QED) is 0.484. The molecule has 3 atom stereocenters. The Hall–Kier alpha value is -3.44. The van der Waals surface area contributed by atoms with Gasteiger partial charge in [-0.3, -0.25) is 9.80 Å². The summed E-state index contributed by atoms with van der Waals surface area (Å²) in [5.41, 5.74) is 5.31. The van der Waals surface area contributed by atoms with Crippen molar-refractivity contribution in [3.05, 3.63) is 71.8 Å². The lowest BCUT2D eigenvalue weighted by Gasteiger charge is -2.35. The number of nitrogens with zero attached hydrogens (tertiary/aromatic N) is 2. The van der Waals surface area contributed by atoms with Gasteiger partial charge in [0, 0.05) is 18.6 Å². The first-order chi connectivity index (χ1) is 12.8. The molecule has 5 N–H and O–H groups in total. The Balaban J connectivity index is 1.49. The first kappa shape index (κ1) is 16.1. The molecule has 0 bridgehead atoms. The fourth-order valence-electron chi connectivity index (χ4n) is 3.17. The monoisotopic (exact) mass is 349 g/mol. The molecule has 0 saturated heterocycles. The predicted octanol–water partition coefficient (Wildman–Crippen LogP) is -0.147. The summed E-state index contributed by atoms with van der Waals surface area (Å²) in [6, 6.07) is 9.48. The summed E-state index contributed by atoms with van der Waals surface area (Å²) in [4.78, 5) is 12.7. The highest BCUT2D eigenvalue weighted by Crippen LogP contribution is 2.26. The molecule has 0 fully saturated rings. The van der Waals surface area contributed by atoms with Crippen LogP contribution in [-0.4, -0.2) is 29.8 Å². The topological polar surface area (TPSA) is 104 Å². The van der Waals surface area contributed by atoms with E-state index in [1.54, 1.807) is 29.7 Å². The third-order valence-electron chi connectivity index (χ3n) is 4.47. The van der Waals surface area contributed by atoms with E-state index in [-0.39, 0.29) is 24.3 Å². The number of hydrogen-bond acceptors (Lipinski definition) is 7. The van der Waals surface area contributed by atoms with Crippen LogP contribution in [0.5, 0.6) is 0 Å². The molecule has 3 heterocycles. The lowest BCUT2D eigenvalue weighted by molar-refractivity contribution is -0.120. The molecule has 0 radical (unpaired) electrons. The van der Waals surface area contributed by atoms with Gasteiger partial charge < -0.3 is 21.3 Å². The molecule has 26 heavy (non-hydrogen) atoms. The second-order valence-electron chi connectivity index (χ2n) is 6.14. The molecule has 3 aliphatic rings. The molecule has 8 nitrogen and oxygen atoms in total. The summed E-state index contributed by atoms with van der Waals surface area (Å²) < 4.78 is 0. The lowest BCUT2D eigenvalue weighted by atomic mass is 10.00. The molecule has 0 aliphatic carbocycles. The van der Waals surface area contributed by atoms with Crippen molar-refractivity contribution in [2.24, 2.45) is 0 Å². The van der Waals surface area contributed by atoms with Crippen molar-refractivity contribution in [1.29, 1.82) is 5.26 Å². The second-order valence-corrected chi connectivity index (χ2v) is 6.14. The Kier molecular flexibility index (Phi) is 4.21. The van der Waals surface area contributed by atoms with Crippen LogP contribution in [0.1, 0.15) is 17.2 Å². The normalized spacial score (nSPS) is 25.9. The first-order valence-electron chi connectivity index (χ1n) is 8.40. The number of carbonyl (C=O) groups excluding carboxylic acids is 1. The molecule has 0 aromatic heterocycles. The molecule has 3 aliphatic heterocycles. The number of hydrogen-bond donors (Lipinski definition) is 5. The molecule has 3 unspecified atom stereocenters. The van der Waals surface area contributed by atoms with E-state index in [9.17, 15) is 10.1 Å². The second kappa shape index (κ2) is 6.82. The molecule has 1 aromatic carbocycles. The maximum Gasteiger partial charge on any atom is 0.272 e. The van der Waals surface area contributed by atoms with Crippen molar-refractivity contribution in [1.82, 2.24) is 31.7 Å². The molecule has 4 rings (SSSR count). The highest BCUT2D eigenvalue weighted by Gasteiger charge is 2.34. The van der Waals surface area contributed by atoms with Crippen LogP contribution in [0.4, 0.5) is 0 Å². The Morgan fingerprint density at radius 1 is 1.23 bits per heavy atom. The van der Waals surface area contributed by atoms with Gasteiger partial charge in [-0.25, -0.2) is 5.43 Å². The van der Waals surface area contributed by atoms with Gasteiger partial charge in [0.05, 0.1) is 24.2 Å². The van der Waals surface area contributed by atoms with Crippen molar-refractivity contribution in [2.75, 3.05) is 6.54 Å². The SMILES string of the molecule is N#Cc1ccccc1C1C=CC2NC=C(C(=O)NC3CNC=CN3)N2N1. The van der Waals surface area contributed by atoms with Crippen LogP contribution in [0.2, 0.25) is 0 Å². The molecule has 0 spiro atoms. The molecule has 0 saturated carbocycles. The lowest BCUT2D eigenvalue weighted by Crippen LogP contribution is -2.55. The van der Waals surface area contributed by atoms with E-state index in [2.05, 4.69) is 32.8 Å². The van der Waals surface area contributed by atoms with Gasteiger partial charge in [0.15, 0.2) is 0 Å². The average Bonchev–Trinajstić information content (AvgIpc) is 3.12. The van der Waals surface area contributed by atoms with E-state index in [0.717, 1.165) is 5.56 Å². The van der Waals surface area contributed by atoms with Gasteiger partial charge in [-0.2, -0.15) is 5.26 Å². The van der Waals surface area contributed by atoms with Crippen LogP contribution >= 0.6 is 0 Å². The van der Waals surface area contributed by atoms with E-state index in [1.165, 1.54) is 0 Å². The minimum atomic E-state index is -0.190. The largest absolute Gasteiger partial charge is 0.386 e. The molecule has 1 amide bonds. The number of hydrazine groups is 1. The molecular weight excluding hydrogens is 330 g/mol. The van der Waals surface area contributed by atoms with Crippen molar-refractivity contribution < 1.29 is 4.79 Å². The van der Waals surface area contributed by atoms with Gasteiger partial charge in [0.25, 0.3) is 5.91 Å². The van der Waals surface area contributed by atoms with E-state index in [4.69, 9.17) is 0 Å². The molecular formula is C18H19N7O. The van der Waals surface area contributed by atoms with Gasteiger partial charge in [0.2, 0.25) is 0 Å². The molecule has 132 valence electrons. The Labute approximate surface area is 151 Å². The molecule has 8 heteroatoms. The van der Waals surface area contributed by atoms with E-state index < -0.39 is 0 Å². The van der Waals surface area contributed by atoms with Crippen LogP contribution < -0.4 is 26.7 Å². The van der Waals surface area contributed by atoms with Crippen molar-refractivity contribution >= 4 is 5.91 Å². The standard InChI is InChI=1S/C18H19N7O/c19-9-12-3-1-2-4-13(12)14-5-6-17-22-10-15(25(17)24-14)18(26)23-16-11-20-7-8-21-16/h1-8,10,14,16-17,20-22,24H,11H2,(H,23,26). The number of amides is 1. The number of carbonyl (C=O) groups is 1. The van der Waals surface area contributed by atoms with Crippen molar-refractivity contribution in [3.63, 3.8) is 0 Å². The summed E-state index contributed by atoms with van der Waals surface area (Å²) >= 11 is 0. The van der Waals surface area contributed by atoms with Crippen LogP contribution in [0, 0.1) is 11.3 Å². The van der Waals surface area contributed by atoms with Crippen LogP contribution in [-0.2, 0) is 4.79 Å². The maximum atomic E-state index is 12.7. The van der Waals surface area contributed by atoms with Crippen LogP contribution in [0.3, 0.4) is 0 Å². The van der Waals surface area contributed by atoms with E-state index in [0.29, 0.717) is 17.8 Å². The van der Waals surface area contributed by atoms with Crippen molar-refractivity contribution in [3.8, 4) is 6.07 Å². The smallest absolute Gasteiger partial charge is 0.272 e. The third-order valence-corrected chi connectivity index (χ3v) is 4.47. The molecule has 1 aromatic rings. The third kappa shape index (κ3) is 2.96. The van der Waals surface area contributed by atoms with Crippen molar-refractivity contribution in [2.45, 2.75) is 18.4 Å². The van der Waals surface area contributed by atoms with Gasteiger partial charge in [-0.05, 0) is 17.7 Å². The zero-order valence-corrected chi connectivity index (χ0v) is 13.9. The van der Waals surface area contributed by atoms with E-state index >= 15 is 0 Å². The highest BCUT2D eigenvalue weighted by molar-refractivity contribution is 5.93. The number of benzene rings is 1. The average molecular weight is 349 g/mol. The highest BCUT2D eigenvalue weighted by atomic mass is 16.2. The van der Waals surface area contributed by atoms with Gasteiger partial charge in [0.1, 0.15) is 18.0 Å². The summed E-state index contributed by atoms with van der Waals surface area (Å²) in [5.74, 6) is -0.190. The number of fused-ring (bicyclic) bond motifs is 1. The predicted molar refractivity (Wildman–Crippen MR) is 95.2 cm³/mol. The zero-order chi connectivity index (χ0) is 17.9. The number of rotatable bonds is 3. The van der Waals surface area contributed by atoms with Gasteiger partial charge in [-0.1, -0.05) is 24.3 Å². The Morgan fingerprint density at radius 2 is 2.12 bits per heavy atom. The summed E-state index contributed by atoms with van der Waals surface area (Å²) in [6.45, 7) is 0.609. The van der Waals surface area contributed by atoms with E-state index in [1.807, 2.05) is 30.4 Å². The van der Waals surface area contributed by atoms with Gasteiger partial charge >= 0.3 is 0 Å². The van der Waals surface area contributed by atoms with Gasteiger partial charge in [-0.15, -0.1) is 0 Å². The maximum absolute atomic E-state index is 12.7. The number of nitrogens with one attached hydrogen (secondary N) is 5. The Bertz CT molecular complexity index is 838. The number of nitriles is 1. The fraction of sp³-hybridized carbons (Fsp3) is 0.222. The van der Waals surface area contributed by atoms with Crippen LogP contribution in [0.15, 0.2) is 60.7 Å².